The van der Waals surface area contributed by atoms with Crippen LogP contribution < -0.4 is 19.9 Å². The van der Waals surface area contributed by atoms with Gasteiger partial charge in [0.25, 0.3) is 0 Å². The number of para-hydroxylation sites is 2. The van der Waals surface area contributed by atoms with Crippen molar-refractivity contribution in [1.29, 1.82) is 0 Å². The van der Waals surface area contributed by atoms with E-state index < -0.39 is 12.1 Å². The molecule has 0 aromatic heterocycles. The Hall–Kier alpha value is -4.13. The summed E-state index contributed by atoms with van der Waals surface area (Å²) in [6.45, 7) is 5.80. The minimum absolute atomic E-state index is 0.0466. The quantitative estimate of drug-likeness (QED) is 0.136. The van der Waals surface area contributed by atoms with E-state index >= 15 is 0 Å². The molecule has 3 aliphatic heterocycles. The molecular formula is C44H53IN4O5. The molecule has 4 aromatic carbocycles. The van der Waals surface area contributed by atoms with Gasteiger partial charge in [-0.1, -0.05) is 66.7 Å². The summed E-state index contributed by atoms with van der Waals surface area (Å²) in [6, 6.07) is 37.8. The van der Waals surface area contributed by atoms with Gasteiger partial charge < -0.3 is 35.0 Å². The van der Waals surface area contributed by atoms with E-state index in [1.807, 2.05) is 91.0 Å². The van der Waals surface area contributed by atoms with E-state index in [0.29, 0.717) is 19.2 Å². The highest BCUT2D eigenvalue weighted by Crippen LogP contribution is 2.29. The van der Waals surface area contributed by atoms with E-state index in [1.54, 1.807) is 0 Å². The minimum Gasteiger partial charge on any atom is -0.490 e. The van der Waals surface area contributed by atoms with Crippen LogP contribution in [0.15, 0.2) is 115 Å². The average molecular weight is 845 g/mol. The van der Waals surface area contributed by atoms with Crippen LogP contribution in [0.2, 0.25) is 0 Å². The number of carboxylic acid groups (broad SMARTS) is 1. The lowest BCUT2D eigenvalue weighted by Crippen LogP contribution is -2.48. The number of anilines is 2. The fourth-order valence-corrected chi connectivity index (χ4v) is 7.64. The highest BCUT2D eigenvalue weighted by atomic mass is 127. The third-order valence-corrected chi connectivity index (χ3v) is 11.2. The van der Waals surface area contributed by atoms with Gasteiger partial charge in [-0.2, -0.15) is 0 Å². The molecule has 1 saturated carbocycles. The molecule has 3 N–H and O–H groups in total. The fourth-order valence-electron chi connectivity index (χ4n) is 7.22. The number of benzene rings is 4. The summed E-state index contributed by atoms with van der Waals surface area (Å²) < 4.78 is 7.13. The maximum absolute atomic E-state index is 13.2. The van der Waals surface area contributed by atoms with Gasteiger partial charge in [-0.05, 0) is 128 Å². The predicted molar refractivity (Wildman–Crippen MR) is 223 cm³/mol. The number of nitrogens with one attached hydrogen (secondary N) is 1. The van der Waals surface area contributed by atoms with Crippen molar-refractivity contribution in [3.63, 3.8) is 0 Å². The van der Waals surface area contributed by atoms with Crippen molar-refractivity contribution in [3.05, 3.63) is 124 Å². The normalized spacial score (nSPS) is 20.6. The summed E-state index contributed by atoms with van der Waals surface area (Å²) in [6.07, 6.45) is 5.79. The van der Waals surface area contributed by atoms with Crippen LogP contribution >= 0.6 is 22.6 Å². The summed E-state index contributed by atoms with van der Waals surface area (Å²) in [5.41, 5.74) is 3.10. The van der Waals surface area contributed by atoms with Crippen LogP contribution in [-0.4, -0.2) is 84.9 Å². The lowest BCUT2D eigenvalue weighted by atomic mass is 10.00. The van der Waals surface area contributed by atoms with Gasteiger partial charge in [0, 0.05) is 47.7 Å². The Morgan fingerprint density at radius 3 is 1.70 bits per heavy atom. The molecule has 54 heavy (non-hydrogen) atoms. The second-order valence-electron chi connectivity index (χ2n) is 14.6. The molecule has 1 aliphatic carbocycles. The Morgan fingerprint density at radius 1 is 0.704 bits per heavy atom. The Labute approximate surface area is 333 Å². The summed E-state index contributed by atoms with van der Waals surface area (Å²) >= 11 is 2.28. The zero-order valence-electron chi connectivity index (χ0n) is 30.9. The second kappa shape index (κ2) is 20.0. The molecule has 4 atom stereocenters. The number of ether oxygens (including phenoxy) is 1. The Bertz CT molecular complexity index is 1720. The van der Waals surface area contributed by atoms with Gasteiger partial charge in [0.15, 0.2) is 0 Å². The van der Waals surface area contributed by atoms with Crippen molar-refractivity contribution in [2.75, 3.05) is 55.6 Å². The van der Waals surface area contributed by atoms with Crippen LogP contribution in [0, 0.1) is 15.4 Å². The first-order valence-corrected chi connectivity index (χ1v) is 20.4. The van der Waals surface area contributed by atoms with E-state index in [4.69, 9.17) is 9.84 Å². The molecular weight excluding hydrogens is 791 g/mol. The molecule has 0 unspecified atom stereocenters. The Balaban J connectivity index is 0.000000193. The molecule has 10 heteroatoms. The van der Waals surface area contributed by atoms with E-state index in [2.05, 4.69) is 66.9 Å². The molecule has 0 radical (unpaired) electrons. The number of aliphatic hydroxyl groups is 1. The zero-order valence-corrected chi connectivity index (χ0v) is 33.0. The molecule has 3 saturated heterocycles. The number of hydrogen-bond acceptors (Lipinski definition) is 7. The maximum Gasteiger partial charge on any atom is 0.308 e. The number of nitrogens with zero attached hydrogens (tertiary/aromatic N) is 3. The van der Waals surface area contributed by atoms with E-state index in [0.717, 1.165) is 81.1 Å². The number of rotatable bonds is 11. The number of amides is 1. The predicted octanol–water partition coefficient (Wildman–Crippen LogP) is 7.26. The van der Waals surface area contributed by atoms with Crippen molar-refractivity contribution in [1.82, 2.24) is 10.2 Å². The molecule has 0 bridgehead atoms. The van der Waals surface area contributed by atoms with Gasteiger partial charge in [0.2, 0.25) is 5.91 Å². The van der Waals surface area contributed by atoms with E-state index in [1.165, 1.54) is 16.4 Å². The van der Waals surface area contributed by atoms with Crippen molar-refractivity contribution < 1.29 is 24.5 Å². The van der Waals surface area contributed by atoms with Gasteiger partial charge in [-0.3, -0.25) is 9.59 Å². The number of carbonyl (C=O) groups excluding carboxylic acids is 1. The van der Waals surface area contributed by atoms with Crippen LogP contribution in [0.1, 0.15) is 50.2 Å². The number of carboxylic acids is 1. The molecule has 0 spiro atoms. The Morgan fingerprint density at radius 2 is 1.22 bits per heavy atom. The van der Waals surface area contributed by atoms with Crippen molar-refractivity contribution in [3.8, 4) is 5.75 Å². The molecule has 286 valence electrons. The van der Waals surface area contributed by atoms with Gasteiger partial charge in [-0.25, -0.2) is 0 Å². The number of carbonyl (C=O) groups is 2. The summed E-state index contributed by atoms with van der Waals surface area (Å²) in [4.78, 5) is 30.7. The number of halogens is 1. The van der Waals surface area contributed by atoms with Crippen LogP contribution in [-0.2, 0) is 9.59 Å². The third kappa shape index (κ3) is 11.9. The summed E-state index contributed by atoms with van der Waals surface area (Å²) in [5.74, 6) is -0.0441. The topological polar surface area (TPSA) is 106 Å². The number of likely N-dealkylation sites (tertiary alicyclic amines) is 1. The van der Waals surface area contributed by atoms with Gasteiger partial charge in [0.1, 0.15) is 11.9 Å². The highest BCUT2D eigenvalue weighted by molar-refractivity contribution is 14.1. The third-order valence-electron chi connectivity index (χ3n) is 10.5. The number of aliphatic hydroxyl groups excluding tert-OH is 1. The number of aliphatic carboxylic acids is 1. The van der Waals surface area contributed by atoms with Crippen LogP contribution in [0.25, 0.3) is 0 Å². The molecule has 4 aromatic rings. The highest BCUT2D eigenvalue weighted by Gasteiger charge is 2.33. The molecule has 4 fully saturated rings. The van der Waals surface area contributed by atoms with Crippen LogP contribution in [0.3, 0.4) is 0 Å². The number of hydrogen-bond donors (Lipinski definition) is 3. The largest absolute Gasteiger partial charge is 0.490 e. The fraction of sp³-hybridized carbons (Fsp3) is 0.409. The van der Waals surface area contributed by atoms with Gasteiger partial charge in [-0.15, -0.1) is 0 Å². The molecule has 8 rings (SSSR count). The zero-order chi connectivity index (χ0) is 37.7. The van der Waals surface area contributed by atoms with Gasteiger partial charge in [0.05, 0.1) is 24.0 Å². The lowest BCUT2D eigenvalue weighted by molar-refractivity contribution is -0.140. The maximum atomic E-state index is 13.2. The average Bonchev–Trinajstić information content (AvgIpc) is 3.59. The minimum atomic E-state index is -0.754. The summed E-state index contributed by atoms with van der Waals surface area (Å²) in [5, 5.41) is 23.3. The lowest BCUT2D eigenvalue weighted by Gasteiger charge is -2.30. The second-order valence-corrected chi connectivity index (χ2v) is 15.9. The smallest absolute Gasteiger partial charge is 0.308 e. The van der Waals surface area contributed by atoms with Crippen molar-refractivity contribution in [2.24, 2.45) is 11.8 Å². The van der Waals surface area contributed by atoms with E-state index in [9.17, 15) is 14.7 Å². The molecule has 3 heterocycles. The van der Waals surface area contributed by atoms with Crippen LogP contribution in [0.5, 0.6) is 5.75 Å². The first-order chi connectivity index (χ1) is 26.3. The van der Waals surface area contributed by atoms with E-state index in [-0.39, 0.29) is 23.8 Å². The first-order valence-electron chi connectivity index (χ1n) is 19.3. The monoisotopic (exact) mass is 844 g/mol. The molecule has 4 aliphatic rings. The molecule has 9 nitrogen and oxygen atoms in total. The van der Waals surface area contributed by atoms with Crippen LogP contribution in [0.4, 0.5) is 11.4 Å². The van der Waals surface area contributed by atoms with Crippen molar-refractivity contribution >= 4 is 45.8 Å². The molecule has 1 amide bonds. The summed E-state index contributed by atoms with van der Waals surface area (Å²) in [7, 11) is 0. The standard InChI is InChI=1S/C27H35N3O3.C11H13NO2.C6H5I/c31-26(20-8-10-23(11-9-20)33-24-12-13-24)25(19-29-15-4-5-16-29)28-27(32)21-14-17-30(18-21)22-6-2-1-3-7-22;13-11(14)9-6-7-12(8-9)10-4-2-1-3-5-10;7-6-4-2-1-3-5-6/h1-3,6-11,21,24-26,31H,4-5,12-19H2,(H,28,32);1-5,9H,6-8H2,(H,13,14);1-5H/t21-,25-,26-;9-;/m11./s1. The Kier molecular flexibility index (Phi) is 14.6. The SMILES string of the molecule is Ic1ccccc1.O=C(N[C@H](CN1CCCC1)[C@H](O)c1ccc(OC2CC2)cc1)[C@@H]1CCN(c2ccccc2)C1.O=C(O)[C@@H]1CCN(c2ccccc2)C1. The first kappa shape index (κ1) is 39.6. The van der Waals surface area contributed by atoms with Gasteiger partial charge >= 0.3 is 5.97 Å². The van der Waals surface area contributed by atoms with Crippen molar-refractivity contribution in [2.45, 2.75) is 56.8 Å².